The fraction of sp³-hybridized carbons (Fsp3) is 0.810. The van der Waals surface area contributed by atoms with Crippen LogP contribution in [-0.2, 0) is 0 Å². The summed E-state index contributed by atoms with van der Waals surface area (Å²) in [6.45, 7) is 4.17. The summed E-state index contributed by atoms with van der Waals surface area (Å²) in [6, 6.07) is 0. The molecule has 9 atom stereocenters. The van der Waals surface area contributed by atoms with E-state index in [0.29, 0.717) is 19.3 Å². The van der Waals surface area contributed by atoms with Crippen molar-refractivity contribution >= 4 is 0 Å². The third-order valence-corrected chi connectivity index (χ3v) is 8.43. The molecule has 0 spiro atoms. The first kappa shape index (κ1) is 17.5. The van der Waals surface area contributed by atoms with Crippen LogP contribution in [0.2, 0.25) is 0 Å². The molecule has 3 fully saturated rings. The van der Waals surface area contributed by atoms with Gasteiger partial charge in [0.15, 0.2) is 0 Å². The summed E-state index contributed by atoms with van der Waals surface area (Å²) in [6.07, 6.45) is 9.90. The second-order valence-electron chi connectivity index (χ2n) is 9.44. The molecule has 0 radical (unpaired) electrons. The van der Waals surface area contributed by atoms with Gasteiger partial charge in [-0.15, -0.1) is 6.42 Å². The molecule has 0 aliphatic heterocycles. The average molecular weight is 346 g/mol. The Morgan fingerprint density at radius 2 is 1.88 bits per heavy atom. The van der Waals surface area contributed by atoms with E-state index in [1.165, 1.54) is 0 Å². The van der Waals surface area contributed by atoms with Crippen molar-refractivity contribution in [1.82, 2.24) is 0 Å². The minimum Gasteiger partial charge on any atom is -0.393 e. The number of fused-ring (bicyclic) bond motifs is 5. The van der Waals surface area contributed by atoms with E-state index in [1.807, 2.05) is 13.0 Å². The van der Waals surface area contributed by atoms with Gasteiger partial charge in [0, 0.05) is 5.41 Å². The highest BCUT2D eigenvalue weighted by atomic mass is 16.3. The number of aliphatic hydroxyl groups is 4. The topological polar surface area (TPSA) is 80.9 Å². The largest absolute Gasteiger partial charge is 0.393 e. The van der Waals surface area contributed by atoms with Crippen LogP contribution in [0, 0.1) is 40.9 Å². The lowest BCUT2D eigenvalue weighted by atomic mass is 9.45. The monoisotopic (exact) mass is 346 g/mol. The van der Waals surface area contributed by atoms with Crippen LogP contribution in [0.1, 0.15) is 52.4 Å². The Kier molecular flexibility index (Phi) is 3.74. The Labute approximate surface area is 150 Å². The molecular weight excluding hydrogens is 316 g/mol. The summed E-state index contributed by atoms with van der Waals surface area (Å²) in [5.41, 5.74) is -0.885. The smallest absolute Gasteiger partial charge is 0.130 e. The zero-order valence-electron chi connectivity index (χ0n) is 15.2. The van der Waals surface area contributed by atoms with E-state index in [-0.39, 0.29) is 29.3 Å². The van der Waals surface area contributed by atoms with Gasteiger partial charge in [0.2, 0.25) is 0 Å². The molecule has 0 aromatic rings. The average Bonchev–Trinajstić information content (AvgIpc) is 2.81. The van der Waals surface area contributed by atoms with E-state index in [9.17, 15) is 20.4 Å². The molecule has 0 aromatic heterocycles. The van der Waals surface area contributed by atoms with Gasteiger partial charge >= 0.3 is 0 Å². The highest BCUT2D eigenvalue weighted by Crippen LogP contribution is 2.66. The highest BCUT2D eigenvalue weighted by molar-refractivity contribution is 5.31. The zero-order valence-corrected chi connectivity index (χ0v) is 15.2. The van der Waals surface area contributed by atoms with Crippen LogP contribution >= 0.6 is 0 Å². The van der Waals surface area contributed by atoms with Crippen molar-refractivity contribution in [2.75, 3.05) is 0 Å². The maximum atomic E-state index is 11.2. The number of aliphatic hydroxyl groups excluding tert-OH is 3. The van der Waals surface area contributed by atoms with Gasteiger partial charge in [0.1, 0.15) is 5.60 Å². The van der Waals surface area contributed by atoms with E-state index in [2.05, 4.69) is 12.8 Å². The summed E-state index contributed by atoms with van der Waals surface area (Å²) >= 11 is 0. The lowest BCUT2D eigenvalue weighted by Crippen LogP contribution is -2.62. The van der Waals surface area contributed by atoms with E-state index in [1.54, 1.807) is 0 Å². The molecule has 0 aromatic carbocycles. The van der Waals surface area contributed by atoms with Crippen LogP contribution in [0.5, 0.6) is 0 Å². The number of rotatable bonds is 0. The van der Waals surface area contributed by atoms with Gasteiger partial charge in [0.25, 0.3) is 0 Å². The summed E-state index contributed by atoms with van der Waals surface area (Å²) < 4.78 is 0. The molecular formula is C21H30O4. The first-order valence-electron chi connectivity index (χ1n) is 9.62. The molecule has 4 N–H and O–H groups in total. The minimum atomic E-state index is -1.21. The summed E-state index contributed by atoms with van der Waals surface area (Å²) in [5.74, 6) is 2.55. The van der Waals surface area contributed by atoms with Gasteiger partial charge in [-0.3, -0.25) is 0 Å². The van der Waals surface area contributed by atoms with Crippen LogP contribution in [0.3, 0.4) is 0 Å². The molecule has 4 rings (SSSR count). The molecule has 0 bridgehead atoms. The fourth-order valence-electron chi connectivity index (χ4n) is 6.99. The van der Waals surface area contributed by atoms with Crippen LogP contribution in [0.25, 0.3) is 0 Å². The standard InChI is InChI=1S/C21H30O4/c1-4-21(25)8-6-14-17-15(23)10-12-9-13(22)5-7-19(12,2)18(17)16(24)11-20(14,21)3/h1,10,13-18,22-25H,5-9,11H2,2-3H3. The minimum absolute atomic E-state index is 0.0480. The molecule has 4 heteroatoms. The van der Waals surface area contributed by atoms with Crippen molar-refractivity contribution in [3.05, 3.63) is 11.6 Å². The maximum Gasteiger partial charge on any atom is 0.130 e. The van der Waals surface area contributed by atoms with Crippen LogP contribution < -0.4 is 0 Å². The van der Waals surface area contributed by atoms with Crippen molar-refractivity contribution in [2.24, 2.45) is 28.6 Å². The normalized spacial score (nSPS) is 57.7. The van der Waals surface area contributed by atoms with E-state index in [4.69, 9.17) is 6.42 Å². The number of terminal acetylenes is 1. The molecule has 9 unspecified atom stereocenters. The summed E-state index contributed by atoms with van der Waals surface area (Å²) in [4.78, 5) is 0. The number of hydrogen-bond donors (Lipinski definition) is 4. The Morgan fingerprint density at radius 3 is 2.56 bits per heavy atom. The van der Waals surface area contributed by atoms with Crippen LogP contribution in [0.15, 0.2) is 11.6 Å². The van der Waals surface area contributed by atoms with Gasteiger partial charge in [-0.2, -0.15) is 0 Å². The second-order valence-corrected chi connectivity index (χ2v) is 9.44. The maximum absolute atomic E-state index is 11.2. The van der Waals surface area contributed by atoms with Crippen molar-refractivity contribution < 1.29 is 20.4 Å². The Hall–Kier alpha value is -0.860. The lowest BCUT2D eigenvalue weighted by Gasteiger charge is -2.61. The summed E-state index contributed by atoms with van der Waals surface area (Å²) in [5, 5.41) is 43.2. The molecule has 4 aliphatic rings. The van der Waals surface area contributed by atoms with E-state index in [0.717, 1.165) is 24.8 Å². The van der Waals surface area contributed by atoms with Gasteiger partial charge in [-0.1, -0.05) is 31.4 Å². The second kappa shape index (κ2) is 5.33. The highest BCUT2D eigenvalue weighted by Gasteiger charge is 2.67. The van der Waals surface area contributed by atoms with Crippen molar-refractivity contribution in [3.63, 3.8) is 0 Å². The molecule has 4 aliphatic carbocycles. The first-order chi connectivity index (χ1) is 11.7. The predicted molar refractivity (Wildman–Crippen MR) is 94.3 cm³/mol. The molecule has 0 saturated heterocycles. The third-order valence-electron chi connectivity index (χ3n) is 8.43. The van der Waals surface area contributed by atoms with Gasteiger partial charge in [-0.25, -0.2) is 0 Å². The third kappa shape index (κ3) is 2.10. The van der Waals surface area contributed by atoms with Crippen LogP contribution in [-0.4, -0.2) is 44.3 Å². The van der Waals surface area contributed by atoms with Crippen molar-refractivity contribution in [3.8, 4) is 12.3 Å². The van der Waals surface area contributed by atoms with Crippen LogP contribution in [0.4, 0.5) is 0 Å². The van der Waals surface area contributed by atoms with Gasteiger partial charge in [0.05, 0.1) is 18.3 Å². The molecule has 0 amide bonds. The van der Waals surface area contributed by atoms with Crippen molar-refractivity contribution in [2.45, 2.75) is 76.3 Å². The van der Waals surface area contributed by atoms with Gasteiger partial charge in [-0.05, 0) is 61.7 Å². The first-order valence-corrected chi connectivity index (χ1v) is 9.62. The number of hydrogen-bond acceptors (Lipinski definition) is 4. The SMILES string of the molecule is C#CC1(O)CCC2C3C(O)C=C4CC(O)CCC4(C)C3C(O)CC21C. The lowest BCUT2D eigenvalue weighted by molar-refractivity contribution is -0.172. The fourth-order valence-corrected chi connectivity index (χ4v) is 6.99. The van der Waals surface area contributed by atoms with E-state index < -0.39 is 23.2 Å². The quantitative estimate of drug-likeness (QED) is 0.397. The summed E-state index contributed by atoms with van der Waals surface area (Å²) in [7, 11) is 0. The molecule has 4 nitrogen and oxygen atoms in total. The zero-order chi connectivity index (χ0) is 18.2. The molecule has 0 heterocycles. The Balaban J connectivity index is 1.80. The van der Waals surface area contributed by atoms with E-state index >= 15 is 0 Å². The molecule has 3 saturated carbocycles. The van der Waals surface area contributed by atoms with Gasteiger partial charge < -0.3 is 20.4 Å². The Morgan fingerprint density at radius 1 is 1.16 bits per heavy atom. The molecule has 25 heavy (non-hydrogen) atoms. The molecule has 138 valence electrons. The Bertz CT molecular complexity index is 651. The predicted octanol–water partition coefficient (Wildman–Crippen LogP) is 1.62. The van der Waals surface area contributed by atoms with Crippen molar-refractivity contribution in [1.29, 1.82) is 0 Å².